The van der Waals surface area contributed by atoms with Gasteiger partial charge in [0.05, 0.1) is 6.07 Å². The molecule has 0 fully saturated rings. The second kappa shape index (κ2) is 5.44. The highest BCUT2D eigenvalue weighted by molar-refractivity contribution is 6.31. The minimum atomic E-state index is -0.888. The van der Waals surface area contributed by atoms with Gasteiger partial charge in [-0.2, -0.15) is 5.26 Å². The van der Waals surface area contributed by atoms with Crippen molar-refractivity contribution in [3.8, 4) is 6.07 Å². The lowest BCUT2D eigenvalue weighted by atomic mass is 9.92. The molecule has 4 heteroatoms. The lowest BCUT2D eigenvalue weighted by Gasteiger charge is -2.10. The van der Waals surface area contributed by atoms with E-state index in [1.165, 1.54) is 12.4 Å². The van der Waals surface area contributed by atoms with Gasteiger partial charge >= 0.3 is 0 Å². The van der Waals surface area contributed by atoms with E-state index in [0.29, 0.717) is 16.1 Å². The summed E-state index contributed by atoms with van der Waals surface area (Å²) in [5.74, 6) is -1.16. The van der Waals surface area contributed by atoms with Gasteiger partial charge in [0.1, 0.15) is 5.92 Å². The third-order valence-electron chi connectivity index (χ3n) is 2.57. The molecule has 1 unspecified atom stereocenters. The Morgan fingerprint density at radius 3 is 2.50 bits per heavy atom. The number of hydrogen-bond acceptors (Lipinski definition) is 3. The zero-order valence-corrected chi connectivity index (χ0v) is 10.1. The fourth-order valence-corrected chi connectivity index (χ4v) is 1.91. The van der Waals surface area contributed by atoms with Crippen LogP contribution in [0.4, 0.5) is 0 Å². The number of rotatable bonds is 3. The van der Waals surface area contributed by atoms with Gasteiger partial charge in [-0.25, -0.2) is 0 Å². The molecule has 18 heavy (non-hydrogen) atoms. The van der Waals surface area contributed by atoms with E-state index in [9.17, 15) is 10.1 Å². The first-order valence-electron chi connectivity index (χ1n) is 5.32. The van der Waals surface area contributed by atoms with Gasteiger partial charge in [-0.3, -0.25) is 9.78 Å². The minimum absolute atomic E-state index is 0.270. The van der Waals surface area contributed by atoms with Crippen molar-refractivity contribution in [1.82, 2.24) is 4.98 Å². The number of nitriles is 1. The zero-order valence-electron chi connectivity index (χ0n) is 9.38. The second-order valence-corrected chi connectivity index (χ2v) is 4.09. The molecular weight excluding hydrogens is 248 g/mol. The first kappa shape index (κ1) is 12.3. The Bertz CT molecular complexity index is 605. The number of halogens is 1. The maximum atomic E-state index is 12.2. The van der Waals surface area contributed by atoms with E-state index >= 15 is 0 Å². The zero-order chi connectivity index (χ0) is 13.0. The molecule has 1 atom stereocenters. The number of carbonyl (C=O) groups excluding carboxylic acids is 1. The van der Waals surface area contributed by atoms with Crippen LogP contribution in [0.2, 0.25) is 5.02 Å². The maximum Gasteiger partial charge on any atom is 0.184 e. The highest BCUT2D eigenvalue weighted by Gasteiger charge is 2.23. The Morgan fingerprint density at radius 2 is 1.89 bits per heavy atom. The molecule has 0 aliphatic carbocycles. The Balaban J connectivity index is 2.40. The van der Waals surface area contributed by atoms with Crippen LogP contribution in [0.25, 0.3) is 0 Å². The monoisotopic (exact) mass is 256 g/mol. The summed E-state index contributed by atoms with van der Waals surface area (Å²) in [7, 11) is 0. The SMILES string of the molecule is N#CC(C(=O)c1ccncc1)c1ccccc1Cl. The topological polar surface area (TPSA) is 53.8 Å². The van der Waals surface area contributed by atoms with Crippen LogP contribution < -0.4 is 0 Å². The normalized spacial score (nSPS) is 11.6. The van der Waals surface area contributed by atoms with E-state index < -0.39 is 5.92 Å². The second-order valence-electron chi connectivity index (χ2n) is 3.68. The average Bonchev–Trinajstić information content (AvgIpc) is 2.42. The molecule has 1 heterocycles. The summed E-state index contributed by atoms with van der Waals surface area (Å²) in [6.45, 7) is 0. The van der Waals surface area contributed by atoms with Crippen molar-refractivity contribution < 1.29 is 4.79 Å². The highest BCUT2D eigenvalue weighted by atomic mass is 35.5. The lowest BCUT2D eigenvalue weighted by Crippen LogP contribution is -2.11. The molecule has 0 saturated carbocycles. The van der Waals surface area contributed by atoms with Crippen molar-refractivity contribution >= 4 is 17.4 Å². The van der Waals surface area contributed by atoms with Gasteiger partial charge < -0.3 is 0 Å². The molecule has 0 amide bonds. The summed E-state index contributed by atoms with van der Waals surface area (Å²) in [6, 6.07) is 12.1. The number of ketones is 1. The molecule has 0 saturated heterocycles. The van der Waals surface area contributed by atoms with E-state index in [1.807, 2.05) is 6.07 Å². The summed E-state index contributed by atoms with van der Waals surface area (Å²) < 4.78 is 0. The molecule has 0 N–H and O–H groups in total. The van der Waals surface area contributed by atoms with Crippen molar-refractivity contribution in [3.05, 3.63) is 64.9 Å². The van der Waals surface area contributed by atoms with Crippen molar-refractivity contribution in [3.63, 3.8) is 0 Å². The molecule has 0 aliphatic heterocycles. The average molecular weight is 257 g/mol. The van der Waals surface area contributed by atoms with Gasteiger partial charge in [-0.05, 0) is 23.8 Å². The van der Waals surface area contributed by atoms with Crippen molar-refractivity contribution in [1.29, 1.82) is 5.26 Å². The maximum absolute atomic E-state index is 12.2. The van der Waals surface area contributed by atoms with Crippen LogP contribution in [-0.2, 0) is 0 Å². The van der Waals surface area contributed by atoms with Crippen LogP contribution >= 0.6 is 11.6 Å². The van der Waals surface area contributed by atoms with Crippen LogP contribution in [0, 0.1) is 11.3 Å². The number of pyridine rings is 1. The van der Waals surface area contributed by atoms with Gasteiger partial charge in [-0.15, -0.1) is 0 Å². The first-order valence-corrected chi connectivity index (χ1v) is 5.70. The molecule has 0 aliphatic rings. The Hall–Kier alpha value is -2.18. The van der Waals surface area contributed by atoms with Gasteiger partial charge in [0.25, 0.3) is 0 Å². The van der Waals surface area contributed by atoms with E-state index in [0.717, 1.165) is 0 Å². The standard InChI is InChI=1S/C14H9ClN2O/c15-13-4-2-1-3-11(13)12(9-16)14(18)10-5-7-17-8-6-10/h1-8,12H. The van der Waals surface area contributed by atoms with Crippen LogP contribution in [0.15, 0.2) is 48.8 Å². The molecule has 1 aromatic carbocycles. The summed E-state index contributed by atoms with van der Waals surface area (Å²) in [4.78, 5) is 16.1. The number of benzene rings is 1. The number of carbonyl (C=O) groups is 1. The Morgan fingerprint density at radius 1 is 1.22 bits per heavy atom. The third-order valence-corrected chi connectivity index (χ3v) is 2.92. The molecule has 0 radical (unpaired) electrons. The summed E-state index contributed by atoms with van der Waals surface area (Å²) >= 11 is 6.01. The number of nitrogens with zero attached hydrogens (tertiary/aromatic N) is 2. The fraction of sp³-hybridized carbons (Fsp3) is 0.0714. The molecule has 0 bridgehead atoms. The van der Waals surface area contributed by atoms with Crippen molar-refractivity contribution in [2.75, 3.05) is 0 Å². The number of hydrogen-bond donors (Lipinski definition) is 0. The summed E-state index contributed by atoms with van der Waals surface area (Å²) in [5.41, 5.74) is 0.986. The van der Waals surface area contributed by atoms with Crippen LogP contribution in [0.5, 0.6) is 0 Å². The summed E-state index contributed by atoms with van der Waals surface area (Å²) in [6.07, 6.45) is 3.04. The van der Waals surface area contributed by atoms with E-state index in [-0.39, 0.29) is 5.78 Å². The third kappa shape index (κ3) is 2.39. The van der Waals surface area contributed by atoms with Crippen molar-refractivity contribution in [2.24, 2.45) is 0 Å². The van der Waals surface area contributed by atoms with E-state index in [2.05, 4.69) is 4.98 Å². The van der Waals surface area contributed by atoms with Gasteiger partial charge in [0.15, 0.2) is 5.78 Å². The fourth-order valence-electron chi connectivity index (χ4n) is 1.66. The quantitative estimate of drug-likeness (QED) is 0.793. The molecular formula is C14H9ClN2O. The molecule has 3 nitrogen and oxygen atoms in total. The Labute approximate surface area is 110 Å². The Kier molecular flexibility index (Phi) is 3.71. The van der Waals surface area contributed by atoms with E-state index in [1.54, 1.807) is 36.4 Å². The first-order chi connectivity index (χ1) is 8.74. The molecule has 0 spiro atoms. The largest absolute Gasteiger partial charge is 0.292 e. The smallest absolute Gasteiger partial charge is 0.184 e. The van der Waals surface area contributed by atoms with Gasteiger partial charge in [-0.1, -0.05) is 29.8 Å². The predicted octanol–water partition coefficient (Wildman–Crippen LogP) is 3.23. The molecule has 88 valence electrons. The van der Waals surface area contributed by atoms with Gasteiger partial charge in [0, 0.05) is 23.0 Å². The molecule has 2 rings (SSSR count). The van der Waals surface area contributed by atoms with Crippen molar-refractivity contribution in [2.45, 2.75) is 5.92 Å². The highest BCUT2D eigenvalue weighted by Crippen LogP contribution is 2.26. The molecule has 2 aromatic rings. The van der Waals surface area contributed by atoms with Crippen LogP contribution in [0.3, 0.4) is 0 Å². The number of Topliss-reactive ketones (excluding diaryl/α,β-unsaturated/α-hetero) is 1. The molecule has 1 aromatic heterocycles. The minimum Gasteiger partial charge on any atom is -0.292 e. The number of aromatic nitrogens is 1. The predicted molar refractivity (Wildman–Crippen MR) is 68.4 cm³/mol. The van der Waals surface area contributed by atoms with Gasteiger partial charge in [0.2, 0.25) is 0 Å². The summed E-state index contributed by atoms with van der Waals surface area (Å²) in [5, 5.41) is 9.61. The lowest BCUT2D eigenvalue weighted by molar-refractivity contribution is 0.0979. The van der Waals surface area contributed by atoms with Crippen LogP contribution in [0.1, 0.15) is 21.8 Å². The van der Waals surface area contributed by atoms with E-state index in [4.69, 9.17) is 11.6 Å². The van der Waals surface area contributed by atoms with Crippen LogP contribution in [-0.4, -0.2) is 10.8 Å².